The Morgan fingerprint density at radius 2 is 0.519 bits per heavy atom. The quantitative estimate of drug-likeness (QED) is 0.0261. The summed E-state index contributed by atoms with van der Waals surface area (Å²) in [6, 6.07) is 0. The van der Waals surface area contributed by atoms with Gasteiger partial charge in [-0.2, -0.15) is 0 Å². The Kier molecular flexibility index (Phi) is 61.9. The largest absolute Gasteiger partial charge is 0.462 e. The molecule has 0 saturated carbocycles. The van der Waals surface area contributed by atoms with Crippen molar-refractivity contribution < 1.29 is 28.6 Å². The van der Waals surface area contributed by atoms with Crippen LogP contribution in [0.5, 0.6) is 0 Å². The van der Waals surface area contributed by atoms with Gasteiger partial charge in [0.1, 0.15) is 13.2 Å². The van der Waals surface area contributed by atoms with Crippen LogP contribution in [0, 0.1) is 0 Å². The Labute approximate surface area is 487 Å². The summed E-state index contributed by atoms with van der Waals surface area (Å²) in [4.78, 5) is 38.3. The molecule has 0 radical (unpaired) electrons. The molecule has 6 heteroatoms. The van der Waals surface area contributed by atoms with Gasteiger partial charge in [-0.15, -0.1) is 0 Å². The minimum atomic E-state index is -0.837. The Morgan fingerprint density at radius 1 is 0.266 bits per heavy atom. The third-order valence-corrected chi connectivity index (χ3v) is 13.3. The highest BCUT2D eigenvalue weighted by Gasteiger charge is 2.19. The summed E-state index contributed by atoms with van der Waals surface area (Å²) in [5.41, 5.74) is 0. The second kappa shape index (κ2) is 65.8. The first-order valence-corrected chi connectivity index (χ1v) is 32.3. The van der Waals surface area contributed by atoms with Gasteiger partial charge >= 0.3 is 17.9 Å². The normalized spacial score (nSPS) is 13.1. The molecule has 0 aromatic heterocycles. The molecule has 0 aliphatic rings. The van der Waals surface area contributed by atoms with Crippen molar-refractivity contribution in [1.29, 1.82) is 0 Å². The van der Waals surface area contributed by atoms with Crippen molar-refractivity contribution >= 4 is 17.9 Å². The zero-order chi connectivity index (χ0) is 57.1. The fourth-order valence-electron chi connectivity index (χ4n) is 8.55. The molecular weight excluding hydrogens is 973 g/mol. The lowest BCUT2D eigenvalue weighted by atomic mass is 10.0. The van der Waals surface area contributed by atoms with E-state index >= 15 is 0 Å². The van der Waals surface area contributed by atoms with E-state index < -0.39 is 12.1 Å². The van der Waals surface area contributed by atoms with Crippen LogP contribution in [-0.4, -0.2) is 37.2 Å². The molecule has 0 amide bonds. The first kappa shape index (κ1) is 74.3. The maximum atomic E-state index is 12.9. The SMILES string of the molecule is CC/C=C\C/C=C\C/C=C\C/C=C\C/C=C\C/C=C\CCC(=O)OC(COC(=O)CCCCCC/C=C\C/C=C\C/C=C\C/C=C\CC)COC(=O)CCCCCCCCCCCCCCC/C=C\C/C=C\CCCCCCC. The zero-order valence-electron chi connectivity index (χ0n) is 51.1. The Morgan fingerprint density at radius 3 is 0.823 bits per heavy atom. The summed E-state index contributed by atoms with van der Waals surface area (Å²) in [5, 5.41) is 0. The minimum absolute atomic E-state index is 0.121. The number of allylic oxidation sites excluding steroid dienone is 24. The molecule has 0 aliphatic carbocycles. The van der Waals surface area contributed by atoms with Gasteiger partial charge in [-0.3, -0.25) is 14.4 Å². The molecule has 0 heterocycles. The van der Waals surface area contributed by atoms with E-state index in [-0.39, 0.29) is 31.6 Å². The van der Waals surface area contributed by atoms with Crippen LogP contribution in [0.15, 0.2) is 146 Å². The molecule has 79 heavy (non-hydrogen) atoms. The van der Waals surface area contributed by atoms with Gasteiger partial charge in [-0.1, -0.05) is 276 Å². The van der Waals surface area contributed by atoms with Gasteiger partial charge in [0.15, 0.2) is 6.10 Å². The summed E-state index contributed by atoms with van der Waals surface area (Å²) in [6.45, 7) is 6.33. The number of carbonyl (C=O) groups is 3. The first-order valence-electron chi connectivity index (χ1n) is 32.3. The molecule has 6 nitrogen and oxygen atoms in total. The predicted molar refractivity (Wildman–Crippen MR) is 343 cm³/mol. The van der Waals surface area contributed by atoms with E-state index in [9.17, 15) is 14.4 Å². The van der Waals surface area contributed by atoms with Gasteiger partial charge in [0.05, 0.1) is 0 Å². The number of rotatable bonds is 57. The number of unbranched alkanes of at least 4 members (excludes halogenated alkanes) is 22. The number of ether oxygens (including phenoxy) is 3. The Balaban J connectivity index is 4.48. The predicted octanol–water partition coefficient (Wildman–Crippen LogP) is 22.3. The molecule has 0 aromatic rings. The molecule has 0 rings (SSSR count). The lowest BCUT2D eigenvalue weighted by Crippen LogP contribution is -2.30. The lowest BCUT2D eigenvalue weighted by Gasteiger charge is -2.18. The molecule has 0 aromatic carbocycles. The van der Waals surface area contributed by atoms with E-state index in [4.69, 9.17) is 14.2 Å². The highest BCUT2D eigenvalue weighted by Crippen LogP contribution is 2.15. The van der Waals surface area contributed by atoms with Crippen molar-refractivity contribution in [2.75, 3.05) is 13.2 Å². The van der Waals surface area contributed by atoms with Crippen molar-refractivity contribution in [3.63, 3.8) is 0 Å². The number of hydrogen-bond acceptors (Lipinski definition) is 6. The van der Waals surface area contributed by atoms with Crippen molar-refractivity contribution in [3.05, 3.63) is 146 Å². The van der Waals surface area contributed by atoms with Crippen LogP contribution in [0.2, 0.25) is 0 Å². The lowest BCUT2D eigenvalue weighted by molar-refractivity contribution is -0.166. The summed E-state index contributed by atoms with van der Waals surface area (Å²) in [5.74, 6) is -1.03. The smallest absolute Gasteiger partial charge is 0.306 e. The summed E-state index contributed by atoms with van der Waals surface area (Å²) >= 11 is 0. The highest BCUT2D eigenvalue weighted by atomic mass is 16.6. The van der Waals surface area contributed by atoms with Crippen LogP contribution in [0.3, 0.4) is 0 Å². The molecule has 1 unspecified atom stereocenters. The molecule has 1 atom stereocenters. The van der Waals surface area contributed by atoms with E-state index in [0.717, 1.165) is 122 Å². The van der Waals surface area contributed by atoms with Gasteiger partial charge in [0, 0.05) is 19.3 Å². The van der Waals surface area contributed by atoms with Crippen molar-refractivity contribution in [1.82, 2.24) is 0 Å². The maximum absolute atomic E-state index is 12.9. The molecule has 0 fully saturated rings. The Bertz CT molecular complexity index is 1730. The number of hydrogen-bond donors (Lipinski definition) is 0. The van der Waals surface area contributed by atoms with Crippen molar-refractivity contribution in [2.45, 2.75) is 284 Å². The standard InChI is InChI=1S/C73H118O6/c1-4-7-10-13-16-19-22-25-28-31-33-34-35-36-37-38-40-42-45-48-51-54-57-60-63-66-72(75)78-69-70(68-77-71(74)65-62-59-56-53-50-47-44-41-30-27-24-21-18-15-12-9-6-3)79-73(76)67-64-61-58-55-52-49-46-43-39-32-29-26-23-20-17-14-11-8-5-2/h8-9,11-12,17-18,20-22,25-27,29-31,33,39,43-44,47,49,52,58,61,70H,4-7,10,13-16,19,23-24,28,32,34-38,40-42,45-46,48,50-51,53-57,59-60,62-69H2,1-3H3/b11-8-,12-9-,20-17-,21-18-,25-22-,29-26-,30-27-,33-31-,43-39-,47-44-,52-49-,61-58-. The van der Waals surface area contributed by atoms with E-state index in [1.54, 1.807) is 0 Å². The molecule has 0 aliphatic heterocycles. The van der Waals surface area contributed by atoms with E-state index in [2.05, 4.69) is 154 Å². The van der Waals surface area contributed by atoms with Gasteiger partial charge in [0.25, 0.3) is 0 Å². The average molecular weight is 1090 g/mol. The highest BCUT2D eigenvalue weighted by molar-refractivity contribution is 5.71. The maximum Gasteiger partial charge on any atom is 0.306 e. The van der Waals surface area contributed by atoms with E-state index in [0.29, 0.717) is 19.3 Å². The summed E-state index contributed by atoms with van der Waals surface area (Å²) < 4.78 is 16.8. The van der Waals surface area contributed by atoms with Gasteiger partial charge in [0.2, 0.25) is 0 Å². The minimum Gasteiger partial charge on any atom is -0.462 e. The monoisotopic (exact) mass is 1090 g/mol. The first-order chi connectivity index (χ1) is 39.0. The molecule has 0 spiro atoms. The number of esters is 3. The molecule has 446 valence electrons. The fourth-order valence-corrected chi connectivity index (χ4v) is 8.55. The fraction of sp³-hybridized carbons (Fsp3) is 0.630. The van der Waals surface area contributed by atoms with Crippen LogP contribution in [0.1, 0.15) is 278 Å². The van der Waals surface area contributed by atoms with Crippen LogP contribution in [0.4, 0.5) is 0 Å². The average Bonchev–Trinajstić information content (AvgIpc) is 3.45. The molecule has 0 bridgehead atoms. The van der Waals surface area contributed by atoms with Gasteiger partial charge in [-0.25, -0.2) is 0 Å². The third-order valence-electron chi connectivity index (χ3n) is 13.3. The molecule has 0 saturated heterocycles. The summed E-state index contributed by atoms with van der Waals surface area (Å²) in [7, 11) is 0. The molecular formula is C73H118O6. The van der Waals surface area contributed by atoms with Crippen LogP contribution in [0.25, 0.3) is 0 Å². The van der Waals surface area contributed by atoms with Crippen LogP contribution in [-0.2, 0) is 28.6 Å². The van der Waals surface area contributed by atoms with Crippen molar-refractivity contribution in [3.8, 4) is 0 Å². The van der Waals surface area contributed by atoms with Crippen LogP contribution < -0.4 is 0 Å². The zero-order valence-corrected chi connectivity index (χ0v) is 51.1. The second-order valence-electron chi connectivity index (χ2n) is 20.9. The van der Waals surface area contributed by atoms with Gasteiger partial charge in [-0.05, 0) is 128 Å². The van der Waals surface area contributed by atoms with Gasteiger partial charge < -0.3 is 14.2 Å². The molecule has 0 N–H and O–H groups in total. The summed E-state index contributed by atoms with van der Waals surface area (Å²) in [6.07, 6.45) is 94.4. The van der Waals surface area contributed by atoms with Crippen molar-refractivity contribution in [2.24, 2.45) is 0 Å². The van der Waals surface area contributed by atoms with Crippen LogP contribution >= 0.6 is 0 Å². The van der Waals surface area contributed by atoms with E-state index in [1.807, 2.05) is 12.2 Å². The Hall–Kier alpha value is -4.71. The second-order valence-corrected chi connectivity index (χ2v) is 20.9. The third kappa shape index (κ3) is 64.0. The topological polar surface area (TPSA) is 78.9 Å². The number of carbonyl (C=O) groups excluding carboxylic acids is 3. The van der Waals surface area contributed by atoms with E-state index in [1.165, 1.54) is 109 Å².